The van der Waals surface area contributed by atoms with Gasteiger partial charge in [-0.3, -0.25) is 4.79 Å². The van der Waals surface area contributed by atoms with Gasteiger partial charge in [-0.25, -0.2) is 4.79 Å². The van der Waals surface area contributed by atoms with Gasteiger partial charge in [-0.2, -0.15) is 0 Å². The van der Waals surface area contributed by atoms with Crippen molar-refractivity contribution in [3.05, 3.63) is 0 Å². The van der Waals surface area contributed by atoms with Gasteiger partial charge in [0, 0.05) is 13.0 Å². The molecule has 98 valence electrons. The van der Waals surface area contributed by atoms with Crippen LogP contribution >= 0.6 is 0 Å². The first-order chi connectivity index (χ1) is 7.90. The molecule has 1 aliphatic heterocycles. The Bertz CT molecular complexity index is 301. The second-order valence-corrected chi connectivity index (χ2v) is 4.90. The average Bonchev–Trinajstić information content (AvgIpc) is 2.58. The number of rotatable bonds is 5. The van der Waals surface area contributed by atoms with E-state index < -0.39 is 11.6 Å². The normalized spacial score (nSPS) is 23.6. The maximum Gasteiger partial charge on any atom is 0.339 e. The Labute approximate surface area is 102 Å². The first-order valence-electron chi connectivity index (χ1n) is 5.99. The molecule has 1 fully saturated rings. The Hall–Kier alpha value is -1.10. The number of aliphatic hydroxyl groups is 1. The van der Waals surface area contributed by atoms with Crippen LogP contribution in [0, 0.1) is 5.92 Å². The van der Waals surface area contributed by atoms with Gasteiger partial charge in [0.1, 0.15) is 0 Å². The Morgan fingerprint density at radius 2 is 2.29 bits per heavy atom. The largest absolute Gasteiger partial charge is 0.467 e. The highest BCUT2D eigenvalue weighted by Crippen LogP contribution is 2.24. The third kappa shape index (κ3) is 3.43. The summed E-state index contributed by atoms with van der Waals surface area (Å²) in [6, 6.07) is 0. The van der Waals surface area contributed by atoms with Crippen molar-refractivity contribution in [1.82, 2.24) is 4.90 Å². The first kappa shape index (κ1) is 14.0. The van der Waals surface area contributed by atoms with Crippen LogP contribution in [0.2, 0.25) is 0 Å². The number of hydrogen-bond acceptors (Lipinski definition) is 4. The summed E-state index contributed by atoms with van der Waals surface area (Å²) in [7, 11) is 1.22. The standard InChI is InChI=1S/C12H21NO4/c1-4-5-9-6-10(14)13(7-9)8-12(2,16)11(15)17-3/h9,16H,4-8H2,1-3H3. The topological polar surface area (TPSA) is 66.8 Å². The Balaban J connectivity index is 2.58. The molecule has 1 amide bonds. The molecule has 1 rings (SSSR count). The van der Waals surface area contributed by atoms with Crippen molar-refractivity contribution in [3.8, 4) is 0 Å². The van der Waals surface area contributed by atoms with E-state index in [-0.39, 0.29) is 12.5 Å². The molecule has 0 aromatic heterocycles. The summed E-state index contributed by atoms with van der Waals surface area (Å²) in [5.41, 5.74) is -1.62. The van der Waals surface area contributed by atoms with Gasteiger partial charge in [-0.15, -0.1) is 0 Å². The lowest BCUT2D eigenvalue weighted by Gasteiger charge is -2.26. The molecule has 2 atom stereocenters. The number of methoxy groups -OCH3 is 1. The third-order valence-electron chi connectivity index (χ3n) is 3.12. The van der Waals surface area contributed by atoms with Gasteiger partial charge in [0.25, 0.3) is 0 Å². The second-order valence-electron chi connectivity index (χ2n) is 4.90. The zero-order chi connectivity index (χ0) is 13.1. The second kappa shape index (κ2) is 5.49. The lowest BCUT2D eigenvalue weighted by Crippen LogP contribution is -2.47. The number of esters is 1. The van der Waals surface area contributed by atoms with Crippen LogP contribution < -0.4 is 0 Å². The van der Waals surface area contributed by atoms with E-state index in [1.165, 1.54) is 14.0 Å². The fourth-order valence-electron chi connectivity index (χ4n) is 2.26. The minimum absolute atomic E-state index is 0.00706. The van der Waals surface area contributed by atoms with Gasteiger partial charge in [0.05, 0.1) is 13.7 Å². The minimum Gasteiger partial charge on any atom is -0.467 e. The lowest BCUT2D eigenvalue weighted by atomic mass is 10.0. The van der Waals surface area contributed by atoms with Gasteiger partial charge in [-0.05, 0) is 19.3 Å². The molecule has 5 nitrogen and oxygen atoms in total. The van der Waals surface area contributed by atoms with E-state index in [1.54, 1.807) is 4.90 Å². The fourth-order valence-corrected chi connectivity index (χ4v) is 2.26. The average molecular weight is 243 g/mol. The molecule has 1 N–H and O–H groups in total. The van der Waals surface area contributed by atoms with Crippen LogP contribution in [-0.4, -0.2) is 47.7 Å². The van der Waals surface area contributed by atoms with E-state index in [4.69, 9.17) is 0 Å². The van der Waals surface area contributed by atoms with E-state index in [1.807, 2.05) is 0 Å². The van der Waals surface area contributed by atoms with Crippen LogP contribution in [0.5, 0.6) is 0 Å². The van der Waals surface area contributed by atoms with Crippen molar-refractivity contribution in [3.63, 3.8) is 0 Å². The molecule has 5 heteroatoms. The predicted molar refractivity (Wildman–Crippen MR) is 62.2 cm³/mol. The summed E-state index contributed by atoms with van der Waals surface area (Å²) in [6.45, 7) is 4.09. The predicted octanol–water partition coefficient (Wildman–Crippen LogP) is 0.559. The number of hydrogen-bond donors (Lipinski definition) is 1. The van der Waals surface area contributed by atoms with E-state index in [0.717, 1.165) is 12.8 Å². The molecule has 1 aliphatic rings. The van der Waals surface area contributed by atoms with Gasteiger partial charge < -0.3 is 14.7 Å². The Morgan fingerprint density at radius 3 is 2.82 bits per heavy atom. The van der Waals surface area contributed by atoms with Gasteiger partial charge >= 0.3 is 5.97 Å². The molecule has 0 aromatic rings. The van der Waals surface area contributed by atoms with Crippen molar-refractivity contribution in [2.24, 2.45) is 5.92 Å². The highest BCUT2D eigenvalue weighted by atomic mass is 16.5. The Morgan fingerprint density at radius 1 is 1.65 bits per heavy atom. The van der Waals surface area contributed by atoms with E-state index in [9.17, 15) is 14.7 Å². The minimum atomic E-state index is -1.62. The monoisotopic (exact) mass is 243 g/mol. The summed E-state index contributed by atoms with van der Waals surface area (Å²) in [5, 5.41) is 9.91. The molecule has 1 heterocycles. The molecule has 0 spiro atoms. The van der Waals surface area contributed by atoms with Crippen LogP contribution in [-0.2, 0) is 14.3 Å². The summed E-state index contributed by atoms with van der Waals surface area (Å²) >= 11 is 0. The zero-order valence-electron chi connectivity index (χ0n) is 10.7. The van der Waals surface area contributed by atoms with Crippen molar-refractivity contribution >= 4 is 11.9 Å². The first-order valence-corrected chi connectivity index (χ1v) is 5.99. The lowest BCUT2D eigenvalue weighted by molar-refractivity contribution is -0.163. The van der Waals surface area contributed by atoms with Crippen molar-refractivity contribution in [2.75, 3.05) is 20.2 Å². The Kier molecular flexibility index (Phi) is 4.51. The van der Waals surface area contributed by atoms with Crippen LogP contribution in [0.15, 0.2) is 0 Å². The van der Waals surface area contributed by atoms with Gasteiger partial charge in [-0.1, -0.05) is 13.3 Å². The smallest absolute Gasteiger partial charge is 0.339 e. The van der Waals surface area contributed by atoms with Crippen LogP contribution in [0.3, 0.4) is 0 Å². The van der Waals surface area contributed by atoms with Gasteiger partial charge in [0.2, 0.25) is 5.91 Å². The maximum absolute atomic E-state index is 11.7. The van der Waals surface area contributed by atoms with Crippen molar-refractivity contribution < 1.29 is 19.4 Å². The number of ether oxygens (including phenoxy) is 1. The number of carbonyl (C=O) groups is 2. The fraction of sp³-hybridized carbons (Fsp3) is 0.833. The summed E-state index contributed by atoms with van der Waals surface area (Å²) in [6.07, 6.45) is 2.56. The van der Waals surface area contributed by atoms with Crippen molar-refractivity contribution in [1.29, 1.82) is 0 Å². The summed E-state index contributed by atoms with van der Waals surface area (Å²) < 4.78 is 4.51. The molecular formula is C12H21NO4. The summed E-state index contributed by atoms with van der Waals surface area (Å²) in [5.74, 6) is -0.349. The molecule has 0 aromatic carbocycles. The van der Waals surface area contributed by atoms with Crippen LogP contribution in [0.25, 0.3) is 0 Å². The number of likely N-dealkylation sites (tertiary alicyclic amines) is 1. The molecule has 0 saturated carbocycles. The molecular weight excluding hydrogens is 222 g/mol. The molecule has 17 heavy (non-hydrogen) atoms. The summed E-state index contributed by atoms with van der Waals surface area (Å²) in [4.78, 5) is 24.6. The molecule has 0 radical (unpaired) electrons. The number of amides is 1. The van der Waals surface area contributed by atoms with Crippen LogP contribution in [0.1, 0.15) is 33.1 Å². The highest BCUT2D eigenvalue weighted by molar-refractivity contribution is 5.82. The van der Waals surface area contributed by atoms with Crippen molar-refractivity contribution in [2.45, 2.75) is 38.7 Å². The molecule has 0 aliphatic carbocycles. The van der Waals surface area contributed by atoms with E-state index in [0.29, 0.717) is 18.9 Å². The van der Waals surface area contributed by atoms with Gasteiger partial charge in [0.15, 0.2) is 5.60 Å². The number of nitrogens with zero attached hydrogens (tertiary/aromatic N) is 1. The molecule has 1 saturated heterocycles. The quantitative estimate of drug-likeness (QED) is 0.716. The van der Waals surface area contributed by atoms with Crippen LogP contribution in [0.4, 0.5) is 0 Å². The van der Waals surface area contributed by atoms with E-state index >= 15 is 0 Å². The zero-order valence-corrected chi connectivity index (χ0v) is 10.7. The highest BCUT2D eigenvalue weighted by Gasteiger charge is 2.38. The van der Waals surface area contributed by atoms with E-state index in [2.05, 4.69) is 11.7 Å². The SMILES string of the molecule is CCCC1CC(=O)N(CC(C)(O)C(=O)OC)C1. The number of carbonyl (C=O) groups excluding carboxylic acids is 2. The maximum atomic E-state index is 11.7. The molecule has 0 bridgehead atoms. The molecule has 2 unspecified atom stereocenters. The third-order valence-corrected chi connectivity index (χ3v) is 3.12. The number of β-amino-alcohol motifs (C(OH)–C–C–N with tert-alkyl or cyclic N) is 1.